The Morgan fingerprint density at radius 1 is 0.938 bits per heavy atom. The summed E-state index contributed by atoms with van der Waals surface area (Å²) in [6.45, 7) is 1.34. The third-order valence-corrected chi connectivity index (χ3v) is 6.83. The molecule has 0 fully saturated rings. The Hall–Kier alpha value is -3.85. The Kier molecular flexibility index (Phi) is 5.58. The Balaban J connectivity index is 1.74. The summed E-state index contributed by atoms with van der Waals surface area (Å²) in [5, 5.41) is 2.72. The van der Waals surface area contributed by atoms with Crippen LogP contribution >= 0.6 is 0 Å². The van der Waals surface area contributed by atoms with Gasteiger partial charge in [-0.2, -0.15) is 4.31 Å². The standard InChI is InChI=1S/C23H21N3O5S/c1-16-9-3-5-11-18(16)26-23(28)25(19-12-6-8-14-21(19)32(26,29)30)15-22(27)24-17-10-4-7-13-20(17)31-2/h3-14H,15H2,1-2H3,(H,24,27). The van der Waals surface area contributed by atoms with Gasteiger partial charge in [0, 0.05) is 0 Å². The van der Waals surface area contributed by atoms with Gasteiger partial charge < -0.3 is 10.1 Å². The van der Waals surface area contributed by atoms with Crippen molar-refractivity contribution in [3.63, 3.8) is 0 Å². The number of sulfonamides is 1. The minimum Gasteiger partial charge on any atom is -0.495 e. The molecule has 3 aromatic rings. The molecule has 0 atom stereocenters. The van der Waals surface area contributed by atoms with E-state index < -0.39 is 22.0 Å². The van der Waals surface area contributed by atoms with Gasteiger partial charge in [0.25, 0.3) is 10.0 Å². The Morgan fingerprint density at radius 3 is 2.28 bits per heavy atom. The van der Waals surface area contributed by atoms with Crippen LogP contribution in [0.4, 0.5) is 21.9 Å². The van der Waals surface area contributed by atoms with Crippen LogP contribution in [0.3, 0.4) is 0 Å². The molecule has 0 saturated heterocycles. The zero-order valence-electron chi connectivity index (χ0n) is 17.5. The SMILES string of the molecule is COc1ccccc1NC(=O)CN1C(=O)N(c2ccccc2C)S(=O)(=O)c2ccccc21. The van der Waals surface area contributed by atoms with E-state index in [0.717, 1.165) is 9.21 Å². The number of aryl methyl sites for hydroxylation is 1. The highest BCUT2D eigenvalue weighted by atomic mass is 32.2. The van der Waals surface area contributed by atoms with Crippen molar-refractivity contribution in [3.8, 4) is 5.75 Å². The molecular weight excluding hydrogens is 430 g/mol. The second-order valence-electron chi connectivity index (χ2n) is 7.14. The molecule has 1 aliphatic rings. The summed E-state index contributed by atoms with van der Waals surface area (Å²) >= 11 is 0. The lowest BCUT2D eigenvalue weighted by Crippen LogP contribution is -2.53. The lowest BCUT2D eigenvalue weighted by molar-refractivity contribution is -0.114. The molecule has 8 nitrogen and oxygen atoms in total. The van der Waals surface area contributed by atoms with Gasteiger partial charge in [0.2, 0.25) is 5.91 Å². The van der Waals surface area contributed by atoms with Gasteiger partial charge >= 0.3 is 6.03 Å². The zero-order valence-corrected chi connectivity index (χ0v) is 18.3. The molecule has 1 heterocycles. The predicted molar refractivity (Wildman–Crippen MR) is 122 cm³/mol. The lowest BCUT2D eigenvalue weighted by atomic mass is 10.2. The van der Waals surface area contributed by atoms with E-state index in [1.165, 1.54) is 19.2 Å². The molecule has 4 rings (SSSR count). The number of benzene rings is 3. The van der Waals surface area contributed by atoms with Crippen LogP contribution in [0, 0.1) is 6.92 Å². The number of urea groups is 1. The fourth-order valence-electron chi connectivity index (χ4n) is 3.57. The molecule has 0 saturated carbocycles. The number of hydrogen-bond donors (Lipinski definition) is 1. The van der Waals surface area contributed by atoms with Gasteiger partial charge in [-0.1, -0.05) is 42.5 Å². The van der Waals surface area contributed by atoms with E-state index >= 15 is 0 Å². The molecule has 3 amide bonds. The number of nitrogens with one attached hydrogen (secondary N) is 1. The largest absolute Gasteiger partial charge is 0.495 e. The molecule has 32 heavy (non-hydrogen) atoms. The normalized spacial score (nSPS) is 14.6. The van der Waals surface area contributed by atoms with Gasteiger partial charge in [-0.3, -0.25) is 9.69 Å². The summed E-state index contributed by atoms with van der Waals surface area (Å²) in [5.74, 6) is -0.0305. The van der Waals surface area contributed by atoms with Gasteiger partial charge in [0.05, 0.1) is 24.2 Å². The third kappa shape index (κ3) is 3.67. The Bertz CT molecular complexity index is 1310. The fourth-order valence-corrected chi connectivity index (χ4v) is 5.23. The first-order chi connectivity index (χ1) is 15.3. The molecule has 3 aromatic carbocycles. The van der Waals surface area contributed by atoms with Crippen molar-refractivity contribution >= 4 is 39.0 Å². The number of nitrogens with zero attached hydrogens (tertiary/aromatic N) is 2. The summed E-state index contributed by atoms with van der Waals surface area (Å²) in [4.78, 5) is 27.4. The summed E-state index contributed by atoms with van der Waals surface area (Å²) in [6.07, 6.45) is 0. The molecule has 0 aromatic heterocycles. The van der Waals surface area contributed by atoms with E-state index in [9.17, 15) is 18.0 Å². The van der Waals surface area contributed by atoms with Crippen molar-refractivity contribution in [1.29, 1.82) is 0 Å². The van der Waals surface area contributed by atoms with Crippen molar-refractivity contribution in [1.82, 2.24) is 0 Å². The van der Waals surface area contributed by atoms with Crippen molar-refractivity contribution in [2.24, 2.45) is 0 Å². The first-order valence-electron chi connectivity index (χ1n) is 9.79. The molecule has 1 aliphatic heterocycles. The quantitative estimate of drug-likeness (QED) is 0.637. The topological polar surface area (TPSA) is 96.0 Å². The molecule has 164 valence electrons. The smallest absolute Gasteiger partial charge is 0.343 e. The monoisotopic (exact) mass is 451 g/mol. The minimum atomic E-state index is -4.16. The van der Waals surface area contributed by atoms with E-state index in [0.29, 0.717) is 17.0 Å². The average Bonchev–Trinajstić information content (AvgIpc) is 2.78. The molecule has 0 radical (unpaired) electrons. The minimum absolute atomic E-state index is 0.0482. The zero-order chi connectivity index (χ0) is 22.9. The number of hydrogen-bond acceptors (Lipinski definition) is 5. The second-order valence-corrected chi connectivity index (χ2v) is 8.90. The van der Waals surface area contributed by atoms with Crippen LogP contribution in [-0.2, 0) is 14.8 Å². The molecule has 0 spiro atoms. The number of anilines is 3. The Morgan fingerprint density at radius 2 is 1.56 bits per heavy atom. The number of fused-ring (bicyclic) bond motifs is 1. The number of ether oxygens (including phenoxy) is 1. The van der Waals surface area contributed by atoms with Crippen molar-refractivity contribution in [3.05, 3.63) is 78.4 Å². The highest BCUT2D eigenvalue weighted by molar-refractivity contribution is 7.94. The maximum absolute atomic E-state index is 13.4. The number of carbonyl (C=O) groups is 2. The van der Waals surface area contributed by atoms with E-state index in [-0.39, 0.29) is 22.8 Å². The van der Waals surface area contributed by atoms with Crippen LogP contribution in [-0.4, -0.2) is 34.0 Å². The summed E-state index contributed by atoms with van der Waals surface area (Å²) in [6, 6.07) is 18.9. The molecule has 0 aliphatic carbocycles. The van der Waals surface area contributed by atoms with E-state index in [4.69, 9.17) is 4.74 Å². The number of rotatable bonds is 5. The first kappa shape index (κ1) is 21.4. The first-order valence-corrected chi connectivity index (χ1v) is 11.2. The van der Waals surface area contributed by atoms with Gasteiger partial charge in [-0.15, -0.1) is 0 Å². The number of carbonyl (C=O) groups excluding carboxylic acids is 2. The summed E-state index contributed by atoms with van der Waals surface area (Å²) in [5.41, 5.74) is 1.45. The predicted octanol–water partition coefficient (Wildman–Crippen LogP) is 3.78. The van der Waals surface area contributed by atoms with Crippen LogP contribution < -0.4 is 19.3 Å². The lowest BCUT2D eigenvalue weighted by Gasteiger charge is -2.36. The van der Waals surface area contributed by atoms with Gasteiger partial charge in [0.1, 0.15) is 17.2 Å². The van der Waals surface area contributed by atoms with Gasteiger partial charge in [-0.05, 0) is 42.8 Å². The molecule has 0 unspecified atom stereocenters. The molecule has 1 N–H and O–H groups in total. The molecule has 9 heteroatoms. The number of methoxy groups -OCH3 is 1. The van der Waals surface area contributed by atoms with Crippen LogP contribution in [0.5, 0.6) is 5.75 Å². The molecular formula is C23H21N3O5S. The summed E-state index contributed by atoms with van der Waals surface area (Å²) in [7, 11) is -2.67. The van der Waals surface area contributed by atoms with E-state index in [1.54, 1.807) is 67.6 Å². The van der Waals surface area contributed by atoms with E-state index in [1.807, 2.05) is 0 Å². The molecule has 0 bridgehead atoms. The number of para-hydroxylation sites is 4. The fraction of sp³-hybridized carbons (Fsp3) is 0.130. The van der Waals surface area contributed by atoms with Gasteiger partial charge in [0.15, 0.2) is 0 Å². The van der Waals surface area contributed by atoms with Crippen LogP contribution in [0.2, 0.25) is 0 Å². The maximum atomic E-state index is 13.4. The second kappa shape index (κ2) is 8.35. The van der Waals surface area contributed by atoms with Gasteiger partial charge in [-0.25, -0.2) is 13.2 Å². The van der Waals surface area contributed by atoms with Crippen molar-refractivity contribution < 1.29 is 22.7 Å². The average molecular weight is 452 g/mol. The summed E-state index contributed by atoms with van der Waals surface area (Å²) < 4.78 is 32.7. The number of amides is 3. The van der Waals surface area contributed by atoms with Crippen molar-refractivity contribution in [2.45, 2.75) is 11.8 Å². The Labute approximate surface area is 186 Å². The van der Waals surface area contributed by atoms with Crippen LogP contribution in [0.25, 0.3) is 0 Å². The highest BCUT2D eigenvalue weighted by Gasteiger charge is 2.43. The highest BCUT2D eigenvalue weighted by Crippen LogP contribution is 2.38. The maximum Gasteiger partial charge on any atom is 0.343 e. The van der Waals surface area contributed by atoms with Crippen LogP contribution in [0.15, 0.2) is 77.7 Å². The van der Waals surface area contributed by atoms with Crippen LogP contribution in [0.1, 0.15) is 5.56 Å². The third-order valence-electron chi connectivity index (χ3n) is 5.10. The van der Waals surface area contributed by atoms with Crippen molar-refractivity contribution in [2.75, 3.05) is 28.2 Å². The van der Waals surface area contributed by atoms with E-state index in [2.05, 4.69) is 5.32 Å².